The van der Waals surface area contributed by atoms with Crippen LogP contribution in [0, 0.1) is 0 Å². The Labute approximate surface area is 235 Å². The number of likely N-dealkylation sites (N-methyl/N-ethyl adjacent to an activating group) is 1. The Morgan fingerprint density at radius 3 is 2.10 bits per heavy atom. The van der Waals surface area contributed by atoms with Gasteiger partial charge < -0.3 is 5.32 Å². The van der Waals surface area contributed by atoms with Crippen molar-refractivity contribution in [3.63, 3.8) is 0 Å². The molecule has 13 heteroatoms. The molecule has 0 radical (unpaired) electrons. The molecule has 0 spiro atoms. The zero-order chi connectivity index (χ0) is 30.1. The third-order valence-electron chi connectivity index (χ3n) is 6.22. The van der Waals surface area contributed by atoms with Gasteiger partial charge in [-0.05, 0) is 67.1 Å². The molecule has 1 aromatic heterocycles. The number of rotatable bonds is 6. The van der Waals surface area contributed by atoms with Gasteiger partial charge in [0, 0.05) is 29.4 Å². The Hall–Kier alpha value is -4.32. The second kappa shape index (κ2) is 11.3. The van der Waals surface area contributed by atoms with Crippen LogP contribution in [0.3, 0.4) is 0 Å². The maximum absolute atomic E-state index is 13.5. The highest BCUT2D eigenvalue weighted by molar-refractivity contribution is 6.30. The van der Waals surface area contributed by atoms with Gasteiger partial charge in [0.1, 0.15) is 5.82 Å². The zero-order valence-electron chi connectivity index (χ0n) is 21.4. The van der Waals surface area contributed by atoms with Gasteiger partial charge >= 0.3 is 12.4 Å². The van der Waals surface area contributed by atoms with Crippen LogP contribution in [0.1, 0.15) is 40.0 Å². The SMILES string of the molecule is CC(C(=O)N(C)c1cc(C(F)(F)F)nn1-c1cccc(Cl)c1)c1ccc(C(=O)Nc2ccc(C(F)(F)F)cc2)cc1. The molecular weight excluding hydrogens is 574 g/mol. The number of alkyl halides is 6. The lowest BCUT2D eigenvalue weighted by Crippen LogP contribution is -2.32. The van der Waals surface area contributed by atoms with Gasteiger partial charge in [-0.15, -0.1) is 0 Å². The highest BCUT2D eigenvalue weighted by Crippen LogP contribution is 2.34. The van der Waals surface area contributed by atoms with E-state index in [2.05, 4.69) is 10.4 Å². The van der Waals surface area contributed by atoms with Crippen molar-refractivity contribution in [2.75, 3.05) is 17.3 Å². The predicted octanol–water partition coefficient (Wildman–Crippen LogP) is 7.58. The van der Waals surface area contributed by atoms with Gasteiger partial charge in [0.05, 0.1) is 17.2 Å². The maximum Gasteiger partial charge on any atom is 0.435 e. The van der Waals surface area contributed by atoms with Crippen molar-refractivity contribution in [2.45, 2.75) is 25.2 Å². The van der Waals surface area contributed by atoms with Gasteiger partial charge in [0.15, 0.2) is 5.69 Å². The van der Waals surface area contributed by atoms with E-state index in [1.165, 1.54) is 49.5 Å². The molecule has 1 unspecified atom stereocenters. The second-order valence-corrected chi connectivity index (χ2v) is 9.48. The van der Waals surface area contributed by atoms with Crippen LogP contribution in [0.5, 0.6) is 0 Å². The molecule has 4 aromatic rings. The van der Waals surface area contributed by atoms with Crippen LogP contribution in [0.25, 0.3) is 5.69 Å². The summed E-state index contributed by atoms with van der Waals surface area (Å²) in [5, 5.41) is 6.41. The van der Waals surface area contributed by atoms with E-state index in [1.807, 2.05) is 0 Å². The number of carbonyl (C=O) groups excluding carboxylic acids is 2. The van der Waals surface area contributed by atoms with Crippen molar-refractivity contribution in [1.29, 1.82) is 0 Å². The zero-order valence-corrected chi connectivity index (χ0v) is 22.1. The Morgan fingerprint density at radius 1 is 0.902 bits per heavy atom. The predicted molar refractivity (Wildman–Crippen MR) is 141 cm³/mol. The van der Waals surface area contributed by atoms with E-state index in [0.717, 1.165) is 39.9 Å². The molecule has 1 N–H and O–H groups in total. The Bertz CT molecular complexity index is 1560. The average Bonchev–Trinajstić information content (AvgIpc) is 3.38. The molecule has 2 amide bonds. The maximum atomic E-state index is 13.5. The summed E-state index contributed by atoms with van der Waals surface area (Å²) in [5.41, 5.74) is -1.02. The number of anilines is 2. The first-order valence-electron chi connectivity index (χ1n) is 11.9. The number of aromatic nitrogens is 2. The number of halogens is 7. The van der Waals surface area contributed by atoms with E-state index < -0.39 is 41.3 Å². The molecule has 0 bridgehead atoms. The molecule has 1 atom stereocenters. The summed E-state index contributed by atoms with van der Waals surface area (Å²) in [7, 11) is 1.32. The molecule has 0 aliphatic heterocycles. The van der Waals surface area contributed by atoms with Gasteiger partial charge in [-0.1, -0.05) is 29.8 Å². The van der Waals surface area contributed by atoms with Gasteiger partial charge in [0.25, 0.3) is 5.91 Å². The minimum absolute atomic E-state index is 0.135. The molecule has 41 heavy (non-hydrogen) atoms. The fourth-order valence-electron chi connectivity index (χ4n) is 3.96. The highest BCUT2D eigenvalue weighted by atomic mass is 35.5. The van der Waals surface area contributed by atoms with Crippen LogP contribution in [-0.4, -0.2) is 28.6 Å². The highest BCUT2D eigenvalue weighted by Gasteiger charge is 2.37. The van der Waals surface area contributed by atoms with Crippen molar-refractivity contribution < 1.29 is 35.9 Å². The number of hydrogen-bond donors (Lipinski definition) is 1. The molecule has 3 aromatic carbocycles. The third-order valence-corrected chi connectivity index (χ3v) is 6.46. The van der Waals surface area contributed by atoms with Gasteiger partial charge in [0.2, 0.25) is 5.91 Å². The van der Waals surface area contributed by atoms with E-state index >= 15 is 0 Å². The fraction of sp³-hybridized carbons (Fsp3) is 0.179. The van der Waals surface area contributed by atoms with Crippen LogP contribution in [0.2, 0.25) is 5.02 Å². The van der Waals surface area contributed by atoms with Crippen LogP contribution in [-0.2, 0) is 17.1 Å². The van der Waals surface area contributed by atoms with Crippen LogP contribution >= 0.6 is 11.6 Å². The smallest absolute Gasteiger partial charge is 0.322 e. The molecule has 0 aliphatic rings. The minimum Gasteiger partial charge on any atom is -0.322 e. The molecule has 6 nitrogen and oxygen atoms in total. The van der Waals surface area contributed by atoms with E-state index in [1.54, 1.807) is 13.0 Å². The summed E-state index contributed by atoms with van der Waals surface area (Å²) in [6.45, 7) is 1.56. The number of nitrogens with zero attached hydrogens (tertiary/aromatic N) is 3. The Morgan fingerprint density at radius 2 is 1.54 bits per heavy atom. The lowest BCUT2D eigenvalue weighted by atomic mass is 9.98. The normalized spacial score (nSPS) is 12.6. The summed E-state index contributed by atoms with van der Waals surface area (Å²) in [6.07, 6.45) is -9.26. The van der Waals surface area contributed by atoms with E-state index in [9.17, 15) is 35.9 Å². The molecule has 0 saturated carbocycles. The molecular formula is C28H21ClF6N4O2. The van der Waals surface area contributed by atoms with Gasteiger partial charge in [-0.25, -0.2) is 4.68 Å². The lowest BCUT2D eigenvalue weighted by molar-refractivity contribution is -0.141. The summed E-state index contributed by atoms with van der Waals surface area (Å²) < 4.78 is 79.7. The van der Waals surface area contributed by atoms with Crippen molar-refractivity contribution in [2.24, 2.45) is 0 Å². The van der Waals surface area contributed by atoms with Crippen molar-refractivity contribution in [1.82, 2.24) is 9.78 Å². The van der Waals surface area contributed by atoms with Crippen molar-refractivity contribution in [3.8, 4) is 5.69 Å². The standard InChI is InChI=1S/C28H21ClF6N4O2/c1-16(17-6-8-18(9-7-17)25(40)36-21-12-10-19(11-13-21)27(30,31)32)26(41)38(2)24-15-23(28(33,34)35)37-39(24)22-5-3-4-20(29)14-22/h3-16H,1-2H3,(H,36,40). The summed E-state index contributed by atoms with van der Waals surface area (Å²) in [5.74, 6) is -2.10. The summed E-state index contributed by atoms with van der Waals surface area (Å²) in [6, 6.07) is 16.6. The van der Waals surface area contributed by atoms with E-state index in [-0.39, 0.29) is 27.8 Å². The van der Waals surface area contributed by atoms with Crippen molar-refractivity contribution in [3.05, 3.63) is 106 Å². The van der Waals surface area contributed by atoms with Gasteiger partial charge in [-0.2, -0.15) is 31.4 Å². The quantitative estimate of drug-likeness (QED) is 0.234. The topological polar surface area (TPSA) is 67.2 Å². The number of nitrogens with one attached hydrogen (secondary N) is 1. The number of amides is 2. The Kier molecular flexibility index (Phi) is 8.16. The monoisotopic (exact) mass is 594 g/mol. The van der Waals surface area contributed by atoms with E-state index in [0.29, 0.717) is 5.56 Å². The average molecular weight is 595 g/mol. The first kappa shape index (κ1) is 29.7. The van der Waals surface area contributed by atoms with Crippen molar-refractivity contribution >= 4 is 34.9 Å². The van der Waals surface area contributed by atoms with E-state index in [4.69, 9.17) is 11.6 Å². The van der Waals surface area contributed by atoms with Crippen LogP contribution in [0.15, 0.2) is 78.9 Å². The molecule has 0 saturated heterocycles. The third kappa shape index (κ3) is 6.71. The summed E-state index contributed by atoms with van der Waals surface area (Å²) >= 11 is 6.01. The molecule has 0 fully saturated rings. The number of carbonyl (C=O) groups is 2. The first-order chi connectivity index (χ1) is 19.1. The molecule has 4 rings (SSSR count). The lowest BCUT2D eigenvalue weighted by Gasteiger charge is -2.22. The summed E-state index contributed by atoms with van der Waals surface area (Å²) in [4.78, 5) is 26.9. The second-order valence-electron chi connectivity index (χ2n) is 9.05. The van der Waals surface area contributed by atoms with Crippen LogP contribution < -0.4 is 10.2 Å². The van der Waals surface area contributed by atoms with Crippen LogP contribution in [0.4, 0.5) is 37.8 Å². The molecule has 0 aliphatic carbocycles. The molecule has 1 heterocycles. The fourth-order valence-corrected chi connectivity index (χ4v) is 4.15. The number of hydrogen-bond acceptors (Lipinski definition) is 3. The largest absolute Gasteiger partial charge is 0.435 e. The van der Waals surface area contributed by atoms with Gasteiger partial charge in [-0.3, -0.25) is 14.5 Å². The first-order valence-corrected chi connectivity index (χ1v) is 12.3. The minimum atomic E-state index is -4.76. The number of benzene rings is 3. The molecule has 214 valence electrons. The Balaban J connectivity index is 1.52.